The summed E-state index contributed by atoms with van der Waals surface area (Å²) in [5.74, 6) is -0.0919. The normalized spacial score (nSPS) is 10.2. The molecule has 0 radical (unpaired) electrons. The Morgan fingerprint density at radius 1 is 1.47 bits per heavy atom. The first-order valence-electron chi connectivity index (χ1n) is 5.48. The number of nitriles is 1. The minimum absolute atomic E-state index is 0.227. The summed E-state index contributed by atoms with van der Waals surface area (Å²) >= 11 is 1.24. The molecule has 1 aromatic heterocycles. The minimum atomic E-state index is -0.429. The van der Waals surface area contributed by atoms with Crippen molar-refractivity contribution >= 4 is 11.8 Å². The zero-order chi connectivity index (χ0) is 13.8. The molecule has 0 aliphatic heterocycles. The monoisotopic (exact) mass is 275 g/mol. The predicted molar refractivity (Wildman–Crippen MR) is 70.3 cm³/mol. The fourth-order valence-electron chi connectivity index (χ4n) is 1.50. The van der Waals surface area contributed by atoms with E-state index in [9.17, 15) is 9.18 Å². The van der Waals surface area contributed by atoms with Crippen LogP contribution >= 0.6 is 11.8 Å². The summed E-state index contributed by atoms with van der Waals surface area (Å²) in [6.45, 7) is 1.72. The summed E-state index contributed by atoms with van der Waals surface area (Å²) in [5, 5.41) is 9.10. The third kappa shape index (κ3) is 3.42. The van der Waals surface area contributed by atoms with Crippen LogP contribution in [0.2, 0.25) is 0 Å². The van der Waals surface area contributed by atoms with Gasteiger partial charge in [0.05, 0.1) is 11.6 Å². The van der Waals surface area contributed by atoms with E-state index in [1.165, 1.54) is 23.9 Å². The van der Waals surface area contributed by atoms with Gasteiger partial charge in [-0.15, -0.1) is 0 Å². The van der Waals surface area contributed by atoms with E-state index in [-0.39, 0.29) is 11.1 Å². The lowest BCUT2D eigenvalue weighted by molar-refractivity contribution is 0.617. The second-order valence-electron chi connectivity index (χ2n) is 3.90. The van der Waals surface area contributed by atoms with E-state index in [0.717, 1.165) is 0 Å². The van der Waals surface area contributed by atoms with Gasteiger partial charge >= 0.3 is 0 Å². The van der Waals surface area contributed by atoms with Gasteiger partial charge in [-0.25, -0.2) is 9.37 Å². The number of halogens is 1. The molecule has 0 atom stereocenters. The molecule has 6 heteroatoms. The Hall–Kier alpha value is -2.13. The van der Waals surface area contributed by atoms with Gasteiger partial charge in [-0.05, 0) is 24.6 Å². The van der Waals surface area contributed by atoms with E-state index >= 15 is 0 Å². The summed E-state index contributed by atoms with van der Waals surface area (Å²) < 4.78 is 13.6. The number of rotatable bonds is 3. The predicted octanol–water partition coefficient (Wildman–Crippen LogP) is 2.38. The SMILES string of the molecule is Cc1cc(=O)[nH]c(SCc2ccc(C#N)cc2F)n1. The van der Waals surface area contributed by atoms with Crippen molar-refractivity contribution in [3.05, 3.63) is 57.3 Å². The van der Waals surface area contributed by atoms with Crippen molar-refractivity contribution in [2.24, 2.45) is 0 Å². The van der Waals surface area contributed by atoms with Gasteiger partial charge in [0.25, 0.3) is 5.56 Å². The van der Waals surface area contributed by atoms with Crippen LogP contribution in [0.25, 0.3) is 0 Å². The van der Waals surface area contributed by atoms with Crippen LogP contribution in [0.3, 0.4) is 0 Å². The van der Waals surface area contributed by atoms with Crippen molar-refractivity contribution < 1.29 is 4.39 Å². The molecular formula is C13H10FN3OS. The maximum Gasteiger partial charge on any atom is 0.251 e. The standard InChI is InChI=1S/C13H10FN3OS/c1-8-4-12(18)17-13(16-8)19-7-10-3-2-9(6-15)5-11(10)14/h2-5H,7H2,1H3,(H,16,17,18). The van der Waals surface area contributed by atoms with Crippen molar-refractivity contribution in [1.29, 1.82) is 5.26 Å². The molecule has 1 N–H and O–H groups in total. The number of hydrogen-bond donors (Lipinski definition) is 1. The first kappa shape index (κ1) is 13.3. The van der Waals surface area contributed by atoms with Gasteiger partial charge in [-0.1, -0.05) is 17.8 Å². The molecule has 0 aliphatic carbocycles. The van der Waals surface area contributed by atoms with Crippen LogP contribution in [-0.2, 0) is 5.75 Å². The Morgan fingerprint density at radius 2 is 2.26 bits per heavy atom. The largest absolute Gasteiger partial charge is 0.301 e. The molecule has 1 heterocycles. The van der Waals surface area contributed by atoms with Crippen molar-refractivity contribution in [3.63, 3.8) is 0 Å². The van der Waals surface area contributed by atoms with Crippen LogP contribution in [0.5, 0.6) is 0 Å². The quantitative estimate of drug-likeness (QED) is 0.689. The number of H-pyrrole nitrogens is 1. The molecule has 19 heavy (non-hydrogen) atoms. The number of aryl methyl sites for hydroxylation is 1. The molecule has 0 amide bonds. The molecule has 1 aromatic carbocycles. The molecule has 0 aliphatic rings. The smallest absolute Gasteiger partial charge is 0.251 e. The van der Waals surface area contributed by atoms with Crippen molar-refractivity contribution in [2.45, 2.75) is 17.8 Å². The lowest BCUT2D eigenvalue weighted by Crippen LogP contribution is -2.08. The van der Waals surface area contributed by atoms with Crippen LogP contribution in [0.15, 0.2) is 34.2 Å². The fourth-order valence-corrected chi connectivity index (χ4v) is 2.41. The number of benzene rings is 1. The molecule has 0 saturated carbocycles. The summed E-state index contributed by atoms with van der Waals surface area (Å²) in [7, 11) is 0. The minimum Gasteiger partial charge on any atom is -0.301 e. The van der Waals surface area contributed by atoms with E-state index in [1.807, 2.05) is 6.07 Å². The van der Waals surface area contributed by atoms with Crippen LogP contribution < -0.4 is 5.56 Å². The molecule has 2 aromatic rings. The molecule has 96 valence electrons. The Bertz CT molecular complexity index is 706. The van der Waals surface area contributed by atoms with Crippen LogP contribution in [0.1, 0.15) is 16.8 Å². The maximum absolute atomic E-state index is 13.6. The highest BCUT2D eigenvalue weighted by atomic mass is 32.2. The number of thioether (sulfide) groups is 1. The Labute approximate surface area is 113 Å². The molecule has 0 bridgehead atoms. The summed E-state index contributed by atoms with van der Waals surface area (Å²) in [6.07, 6.45) is 0. The Morgan fingerprint density at radius 3 is 2.89 bits per heavy atom. The Balaban J connectivity index is 2.15. The van der Waals surface area contributed by atoms with E-state index in [0.29, 0.717) is 22.2 Å². The average molecular weight is 275 g/mol. The molecule has 0 saturated heterocycles. The van der Waals surface area contributed by atoms with E-state index in [4.69, 9.17) is 5.26 Å². The molecule has 4 nitrogen and oxygen atoms in total. The molecule has 0 spiro atoms. The summed E-state index contributed by atoms with van der Waals surface area (Å²) in [6, 6.07) is 7.59. The summed E-state index contributed by atoms with van der Waals surface area (Å²) in [5.41, 5.74) is 1.14. The molecule has 0 fully saturated rings. The van der Waals surface area contributed by atoms with Gasteiger partial charge in [0.1, 0.15) is 5.82 Å². The van der Waals surface area contributed by atoms with Crippen LogP contribution in [0, 0.1) is 24.1 Å². The number of nitrogens with one attached hydrogen (secondary N) is 1. The lowest BCUT2D eigenvalue weighted by Gasteiger charge is -2.03. The van der Waals surface area contributed by atoms with Crippen LogP contribution in [-0.4, -0.2) is 9.97 Å². The molecular weight excluding hydrogens is 265 g/mol. The highest BCUT2D eigenvalue weighted by molar-refractivity contribution is 7.98. The Kier molecular flexibility index (Phi) is 3.97. The topological polar surface area (TPSA) is 69.5 Å². The number of aromatic nitrogens is 2. The van der Waals surface area contributed by atoms with Gasteiger partial charge in [-0.3, -0.25) is 4.79 Å². The number of nitrogens with zero attached hydrogens (tertiary/aromatic N) is 2. The highest BCUT2D eigenvalue weighted by Crippen LogP contribution is 2.21. The second-order valence-corrected chi connectivity index (χ2v) is 4.86. The van der Waals surface area contributed by atoms with E-state index < -0.39 is 5.82 Å². The van der Waals surface area contributed by atoms with Crippen molar-refractivity contribution in [2.75, 3.05) is 0 Å². The van der Waals surface area contributed by atoms with Crippen molar-refractivity contribution in [1.82, 2.24) is 9.97 Å². The summed E-state index contributed by atoms with van der Waals surface area (Å²) in [4.78, 5) is 18.0. The highest BCUT2D eigenvalue weighted by Gasteiger charge is 2.06. The van der Waals surface area contributed by atoms with Gasteiger partial charge in [0.2, 0.25) is 0 Å². The average Bonchev–Trinajstić information content (AvgIpc) is 2.36. The van der Waals surface area contributed by atoms with Crippen LogP contribution in [0.4, 0.5) is 4.39 Å². The molecule has 0 unspecified atom stereocenters. The van der Waals surface area contributed by atoms with Crippen molar-refractivity contribution in [3.8, 4) is 6.07 Å². The fraction of sp³-hybridized carbons (Fsp3) is 0.154. The zero-order valence-electron chi connectivity index (χ0n) is 10.1. The van der Waals surface area contributed by atoms with E-state index in [2.05, 4.69) is 9.97 Å². The lowest BCUT2D eigenvalue weighted by atomic mass is 10.1. The molecule has 2 rings (SSSR count). The number of aromatic amines is 1. The number of hydrogen-bond acceptors (Lipinski definition) is 4. The van der Waals surface area contributed by atoms with Gasteiger partial charge in [-0.2, -0.15) is 5.26 Å². The second kappa shape index (κ2) is 5.67. The van der Waals surface area contributed by atoms with Gasteiger partial charge < -0.3 is 4.98 Å². The first-order valence-corrected chi connectivity index (χ1v) is 6.46. The first-order chi connectivity index (χ1) is 9.08. The van der Waals surface area contributed by atoms with Gasteiger partial charge in [0, 0.05) is 17.5 Å². The van der Waals surface area contributed by atoms with E-state index in [1.54, 1.807) is 19.1 Å². The maximum atomic E-state index is 13.6. The third-order valence-electron chi connectivity index (χ3n) is 2.39. The zero-order valence-corrected chi connectivity index (χ0v) is 10.9. The third-order valence-corrected chi connectivity index (χ3v) is 3.32. The van der Waals surface area contributed by atoms with Gasteiger partial charge in [0.15, 0.2) is 5.16 Å².